The first-order valence-corrected chi connectivity index (χ1v) is 5.78. The minimum Gasteiger partial charge on any atom is -0.421 e. The summed E-state index contributed by atoms with van der Waals surface area (Å²) >= 11 is 0. The summed E-state index contributed by atoms with van der Waals surface area (Å²) in [6, 6.07) is 4.07. The van der Waals surface area contributed by atoms with Gasteiger partial charge in [-0.05, 0) is 30.5 Å². The number of rotatable bonds is 2. The molecular weight excluding hydrogens is 266 g/mol. The molecule has 2 aliphatic rings. The Hall–Kier alpha value is -1.50. The van der Waals surface area contributed by atoms with Gasteiger partial charge in [-0.25, -0.2) is 0 Å². The molecule has 1 aromatic rings. The maximum atomic E-state index is 13.1. The molecule has 0 amide bonds. The van der Waals surface area contributed by atoms with Gasteiger partial charge in [0.1, 0.15) is 0 Å². The highest BCUT2D eigenvalue weighted by Gasteiger charge is 2.66. The van der Waals surface area contributed by atoms with Crippen molar-refractivity contribution in [2.45, 2.75) is 30.5 Å². The van der Waals surface area contributed by atoms with E-state index in [1.807, 2.05) is 0 Å². The lowest BCUT2D eigenvalue weighted by Gasteiger charge is -2.32. The minimum atomic E-state index is -4.68. The van der Waals surface area contributed by atoms with Crippen molar-refractivity contribution in [1.82, 2.24) is 0 Å². The molecule has 0 saturated heterocycles. The molecule has 19 heavy (non-hydrogen) atoms. The Morgan fingerprint density at radius 1 is 1.00 bits per heavy atom. The molecular formula is C12H11F4NO2. The second-order valence-electron chi connectivity index (χ2n) is 4.88. The third-order valence-corrected chi connectivity index (χ3v) is 3.62. The Balaban J connectivity index is 2.00. The molecule has 0 atom stereocenters. The first kappa shape index (κ1) is 12.5. The van der Waals surface area contributed by atoms with E-state index in [1.54, 1.807) is 6.07 Å². The molecule has 0 bridgehead atoms. The van der Waals surface area contributed by atoms with Gasteiger partial charge in [0.15, 0.2) is 11.5 Å². The summed E-state index contributed by atoms with van der Waals surface area (Å²) in [5.41, 5.74) is 6.10. The van der Waals surface area contributed by atoms with Crippen LogP contribution in [0.3, 0.4) is 0 Å². The highest BCUT2D eigenvalue weighted by molar-refractivity contribution is 5.48. The first-order chi connectivity index (χ1) is 8.80. The lowest BCUT2D eigenvalue weighted by atomic mass is 9.96. The van der Waals surface area contributed by atoms with Gasteiger partial charge in [-0.15, -0.1) is 0 Å². The van der Waals surface area contributed by atoms with Crippen LogP contribution in [-0.2, 0) is 5.41 Å². The van der Waals surface area contributed by atoms with E-state index < -0.39 is 18.0 Å². The summed E-state index contributed by atoms with van der Waals surface area (Å²) in [7, 11) is 0. The Kier molecular flexibility index (Phi) is 2.33. The Morgan fingerprint density at radius 3 is 2.11 bits per heavy atom. The van der Waals surface area contributed by atoms with Gasteiger partial charge in [-0.1, -0.05) is 6.07 Å². The van der Waals surface area contributed by atoms with Gasteiger partial charge in [0.05, 0.1) is 0 Å². The fourth-order valence-corrected chi connectivity index (χ4v) is 2.16. The van der Waals surface area contributed by atoms with E-state index >= 15 is 0 Å². The summed E-state index contributed by atoms with van der Waals surface area (Å²) in [4.78, 5) is 0. The Bertz CT molecular complexity index is 528. The van der Waals surface area contributed by atoms with Crippen LogP contribution in [0, 0.1) is 0 Å². The summed E-state index contributed by atoms with van der Waals surface area (Å²) < 4.78 is 60.2. The third kappa shape index (κ3) is 1.75. The summed E-state index contributed by atoms with van der Waals surface area (Å²) in [6.45, 7) is 0.374. The van der Waals surface area contributed by atoms with Crippen molar-refractivity contribution in [3.8, 4) is 11.5 Å². The molecule has 3 nitrogen and oxygen atoms in total. The van der Waals surface area contributed by atoms with Crippen molar-refractivity contribution in [2.24, 2.45) is 5.73 Å². The van der Waals surface area contributed by atoms with Crippen molar-refractivity contribution in [3.05, 3.63) is 23.8 Å². The number of benzene rings is 1. The third-order valence-electron chi connectivity index (χ3n) is 3.62. The topological polar surface area (TPSA) is 44.5 Å². The lowest BCUT2D eigenvalue weighted by Crippen LogP contribution is -2.52. The average molecular weight is 277 g/mol. The molecule has 1 fully saturated rings. The quantitative estimate of drug-likeness (QED) is 0.845. The molecule has 1 aliphatic carbocycles. The van der Waals surface area contributed by atoms with Crippen LogP contribution in [0.1, 0.15) is 18.4 Å². The number of hydrogen-bond acceptors (Lipinski definition) is 3. The second kappa shape index (κ2) is 3.53. The fraction of sp³-hybridized carbons (Fsp3) is 0.500. The first-order valence-electron chi connectivity index (χ1n) is 5.78. The van der Waals surface area contributed by atoms with E-state index in [1.165, 1.54) is 12.1 Å². The highest BCUT2D eigenvalue weighted by atomic mass is 19.3. The van der Waals surface area contributed by atoms with Gasteiger partial charge in [0, 0.05) is 12.0 Å². The predicted molar refractivity (Wildman–Crippen MR) is 57.6 cm³/mol. The maximum Gasteiger partial charge on any atom is 0.507 e. The monoisotopic (exact) mass is 277 g/mol. The van der Waals surface area contributed by atoms with E-state index in [0.29, 0.717) is 12.1 Å². The molecule has 7 heteroatoms. The maximum absolute atomic E-state index is 13.1. The zero-order chi connectivity index (χ0) is 13.9. The van der Waals surface area contributed by atoms with Crippen molar-refractivity contribution in [3.63, 3.8) is 0 Å². The summed E-state index contributed by atoms with van der Waals surface area (Å²) in [5.74, 6) is -0.777. The van der Waals surface area contributed by atoms with Crippen LogP contribution in [0.25, 0.3) is 0 Å². The number of nitrogens with two attached hydrogens (primary N) is 1. The molecule has 2 N–H and O–H groups in total. The van der Waals surface area contributed by atoms with Crippen LogP contribution in [0.5, 0.6) is 11.5 Å². The molecule has 3 rings (SSSR count). The van der Waals surface area contributed by atoms with Crippen LogP contribution in [0.15, 0.2) is 18.2 Å². The second-order valence-corrected chi connectivity index (χ2v) is 4.88. The number of alkyl halides is 4. The Morgan fingerprint density at radius 2 is 1.58 bits per heavy atom. The lowest BCUT2D eigenvalue weighted by molar-refractivity contribution is -0.391. The van der Waals surface area contributed by atoms with Gasteiger partial charge in [-0.3, -0.25) is 0 Å². The standard InChI is InChI=1S/C12H11F4NO2/c13-11(14)12(15,16)19-9-5-7(1-2-8(9)18-11)10(6-17)3-4-10/h1-2,5H,3-4,6,17H2. The van der Waals surface area contributed by atoms with E-state index in [9.17, 15) is 17.6 Å². The van der Waals surface area contributed by atoms with Crippen molar-refractivity contribution in [1.29, 1.82) is 0 Å². The van der Waals surface area contributed by atoms with Gasteiger partial charge in [-0.2, -0.15) is 17.6 Å². The number of fused-ring (bicyclic) bond motifs is 1. The Labute approximate surface area is 106 Å². The molecule has 1 aromatic carbocycles. The molecule has 1 aliphatic heterocycles. The van der Waals surface area contributed by atoms with Gasteiger partial charge < -0.3 is 15.2 Å². The molecule has 0 aromatic heterocycles. The number of halogens is 4. The van der Waals surface area contributed by atoms with Crippen molar-refractivity contribution in [2.75, 3.05) is 6.54 Å². The SMILES string of the molecule is NCC1(c2ccc3c(c2)OC(F)(F)C(F)(F)O3)CC1. The normalized spacial score (nSPS) is 24.9. The fourth-order valence-electron chi connectivity index (χ4n) is 2.16. The van der Waals surface area contributed by atoms with Crippen molar-refractivity contribution < 1.29 is 27.0 Å². The zero-order valence-corrected chi connectivity index (χ0v) is 9.76. The molecule has 1 heterocycles. The highest BCUT2D eigenvalue weighted by Crippen LogP contribution is 2.52. The van der Waals surface area contributed by atoms with Crippen LogP contribution in [0.2, 0.25) is 0 Å². The number of ether oxygens (including phenoxy) is 2. The van der Waals surface area contributed by atoms with E-state index in [0.717, 1.165) is 12.8 Å². The van der Waals surface area contributed by atoms with E-state index in [-0.39, 0.29) is 11.2 Å². The summed E-state index contributed by atoms with van der Waals surface area (Å²) in [5, 5.41) is 0. The molecule has 1 saturated carbocycles. The van der Waals surface area contributed by atoms with Gasteiger partial charge in [0.25, 0.3) is 0 Å². The largest absolute Gasteiger partial charge is 0.507 e. The molecule has 0 unspecified atom stereocenters. The molecule has 0 spiro atoms. The average Bonchev–Trinajstić information content (AvgIpc) is 3.10. The van der Waals surface area contributed by atoms with Crippen molar-refractivity contribution >= 4 is 0 Å². The smallest absolute Gasteiger partial charge is 0.421 e. The van der Waals surface area contributed by atoms with Crippen LogP contribution in [-0.4, -0.2) is 18.8 Å². The molecule has 0 radical (unpaired) electrons. The van der Waals surface area contributed by atoms with E-state index in [2.05, 4.69) is 9.47 Å². The van der Waals surface area contributed by atoms with Gasteiger partial charge >= 0.3 is 12.2 Å². The van der Waals surface area contributed by atoms with Crippen LogP contribution >= 0.6 is 0 Å². The minimum absolute atomic E-state index is 0.242. The predicted octanol–water partition coefficient (Wildman–Crippen LogP) is 2.63. The molecule has 104 valence electrons. The zero-order valence-electron chi connectivity index (χ0n) is 9.76. The van der Waals surface area contributed by atoms with Crippen LogP contribution in [0.4, 0.5) is 17.6 Å². The number of hydrogen-bond donors (Lipinski definition) is 1. The summed E-state index contributed by atoms with van der Waals surface area (Å²) in [6.07, 6.45) is -7.67. The van der Waals surface area contributed by atoms with Crippen LogP contribution < -0.4 is 15.2 Å². The van der Waals surface area contributed by atoms with Gasteiger partial charge in [0.2, 0.25) is 0 Å². The van der Waals surface area contributed by atoms with E-state index in [4.69, 9.17) is 5.73 Å².